The molecule has 0 saturated heterocycles. The molecular weight excluding hydrogens is 354 g/mol. The average Bonchev–Trinajstić information content (AvgIpc) is 2.67. The molecule has 142 valence electrons. The monoisotopic (exact) mass is 373 g/mol. The zero-order valence-corrected chi connectivity index (χ0v) is 14.9. The van der Waals surface area contributed by atoms with E-state index in [-0.39, 0.29) is 30.2 Å². The van der Waals surface area contributed by atoms with Gasteiger partial charge in [-0.05, 0) is 24.3 Å². The van der Waals surface area contributed by atoms with Crippen molar-refractivity contribution in [1.82, 2.24) is 5.32 Å². The van der Waals surface area contributed by atoms with Crippen molar-refractivity contribution in [2.24, 2.45) is 0 Å². The Labute approximate surface area is 155 Å². The zero-order chi connectivity index (χ0) is 19.8. The van der Waals surface area contributed by atoms with Gasteiger partial charge in [-0.15, -0.1) is 0 Å². The largest absolute Gasteiger partial charge is 0.497 e. The van der Waals surface area contributed by atoms with E-state index in [1.165, 1.54) is 32.4 Å². The van der Waals surface area contributed by atoms with Crippen molar-refractivity contribution in [3.63, 3.8) is 0 Å². The number of nitrogens with one attached hydrogen (secondary N) is 2. The first-order valence-corrected chi connectivity index (χ1v) is 7.99. The quantitative estimate of drug-likeness (QED) is 0.541. The van der Waals surface area contributed by atoms with E-state index >= 15 is 0 Å². The van der Waals surface area contributed by atoms with Crippen molar-refractivity contribution in [2.45, 2.75) is 6.42 Å². The first-order valence-electron chi connectivity index (χ1n) is 7.99. The molecular formula is C18H19N3O6. The number of amides is 2. The number of non-ortho nitro benzene ring substituents is 1. The first-order chi connectivity index (χ1) is 12.9. The van der Waals surface area contributed by atoms with Crippen LogP contribution in [0.2, 0.25) is 0 Å². The number of rotatable bonds is 8. The molecule has 0 aromatic heterocycles. The molecule has 9 heteroatoms. The van der Waals surface area contributed by atoms with Crippen LogP contribution < -0.4 is 20.1 Å². The summed E-state index contributed by atoms with van der Waals surface area (Å²) in [4.78, 5) is 34.4. The second-order valence-corrected chi connectivity index (χ2v) is 5.43. The lowest BCUT2D eigenvalue weighted by Crippen LogP contribution is -2.27. The Hall–Kier alpha value is -3.62. The Bertz CT molecular complexity index is 853. The van der Waals surface area contributed by atoms with Gasteiger partial charge < -0.3 is 20.1 Å². The van der Waals surface area contributed by atoms with E-state index in [2.05, 4.69) is 10.6 Å². The van der Waals surface area contributed by atoms with Gasteiger partial charge in [0.2, 0.25) is 5.91 Å². The second kappa shape index (κ2) is 9.18. The van der Waals surface area contributed by atoms with Gasteiger partial charge in [0.25, 0.3) is 11.6 Å². The molecule has 2 aromatic carbocycles. The van der Waals surface area contributed by atoms with E-state index in [1.807, 2.05) is 0 Å². The Kier molecular flexibility index (Phi) is 6.70. The summed E-state index contributed by atoms with van der Waals surface area (Å²) in [5, 5.41) is 16.0. The van der Waals surface area contributed by atoms with Crippen molar-refractivity contribution < 1.29 is 24.0 Å². The molecule has 2 N–H and O–H groups in total. The van der Waals surface area contributed by atoms with Crippen LogP contribution in [0.25, 0.3) is 0 Å². The highest BCUT2D eigenvalue weighted by atomic mass is 16.6. The first kappa shape index (κ1) is 19.7. The normalized spacial score (nSPS) is 10.0. The van der Waals surface area contributed by atoms with Gasteiger partial charge in [0.1, 0.15) is 11.5 Å². The molecule has 0 heterocycles. The van der Waals surface area contributed by atoms with Crippen LogP contribution in [0.3, 0.4) is 0 Å². The van der Waals surface area contributed by atoms with Gasteiger partial charge >= 0.3 is 0 Å². The smallest absolute Gasteiger partial charge is 0.271 e. The van der Waals surface area contributed by atoms with E-state index in [9.17, 15) is 19.7 Å². The zero-order valence-electron chi connectivity index (χ0n) is 14.9. The topological polar surface area (TPSA) is 120 Å². The number of anilines is 1. The van der Waals surface area contributed by atoms with Gasteiger partial charge in [0.05, 0.1) is 24.8 Å². The third-order valence-corrected chi connectivity index (χ3v) is 3.64. The van der Waals surface area contributed by atoms with Crippen LogP contribution >= 0.6 is 0 Å². The van der Waals surface area contributed by atoms with Crippen LogP contribution in [0, 0.1) is 10.1 Å². The maximum absolute atomic E-state index is 12.1. The van der Waals surface area contributed by atoms with Gasteiger partial charge in [-0.1, -0.05) is 6.07 Å². The summed E-state index contributed by atoms with van der Waals surface area (Å²) in [5.74, 6) is 0.0990. The van der Waals surface area contributed by atoms with Gasteiger partial charge in [0.15, 0.2) is 0 Å². The molecule has 0 aliphatic carbocycles. The lowest BCUT2D eigenvalue weighted by atomic mass is 10.2. The second-order valence-electron chi connectivity index (χ2n) is 5.43. The third-order valence-electron chi connectivity index (χ3n) is 3.64. The number of ether oxygens (including phenoxy) is 2. The van der Waals surface area contributed by atoms with E-state index in [1.54, 1.807) is 24.3 Å². The van der Waals surface area contributed by atoms with Crippen molar-refractivity contribution in [3.8, 4) is 11.5 Å². The minimum Gasteiger partial charge on any atom is -0.497 e. The number of carbonyl (C=O) groups is 2. The molecule has 0 aliphatic rings. The van der Waals surface area contributed by atoms with E-state index in [4.69, 9.17) is 9.47 Å². The van der Waals surface area contributed by atoms with Gasteiger partial charge in [-0.3, -0.25) is 19.7 Å². The van der Waals surface area contributed by atoms with Gasteiger partial charge in [-0.2, -0.15) is 0 Å². The maximum Gasteiger partial charge on any atom is 0.271 e. The molecule has 0 radical (unpaired) electrons. The SMILES string of the molecule is COc1cccc(C(=O)NCCC(=O)Nc2cc([N+](=O)[O-])ccc2OC)c1. The predicted molar refractivity (Wildman–Crippen MR) is 98.2 cm³/mol. The van der Waals surface area contributed by atoms with Gasteiger partial charge in [-0.25, -0.2) is 0 Å². The van der Waals surface area contributed by atoms with Gasteiger partial charge in [0, 0.05) is 30.7 Å². The number of carbonyl (C=O) groups excluding carboxylic acids is 2. The number of hydrogen-bond acceptors (Lipinski definition) is 6. The number of nitrogens with zero attached hydrogens (tertiary/aromatic N) is 1. The summed E-state index contributed by atoms with van der Waals surface area (Å²) in [5.41, 5.74) is 0.434. The Morgan fingerprint density at radius 2 is 1.89 bits per heavy atom. The number of benzene rings is 2. The summed E-state index contributed by atoms with van der Waals surface area (Å²) in [6, 6.07) is 10.5. The van der Waals surface area contributed by atoms with Crippen molar-refractivity contribution in [1.29, 1.82) is 0 Å². The third kappa shape index (κ3) is 5.43. The van der Waals surface area contributed by atoms with Crippen molar-refractivity contribution in [3.05, 3.63) is 58.1 Å². The van der Waals surface area contributed by atoms with Crippen molar-refractivity contribution >= 4 is 23.2 Å². The predicted octanol–water partition coefficient (Wildman–Crippen LogP) is 2.37. The Morgan fingerprint density at radius 3 is 2.56 bits per heavy atom. The highest BCUT2D eigenvalue weighted by molar-refractivity contribution is 5.96. The fraction of sp³-hybridized carbons (Fsp3) is 0.222. The minimum absolute atomic E-state index is 0.0123. The lowest BCUT2D eigenvalue weighted by Gasteiger charge is -2.10. The molecule has 0 fully saturated rings. The van der Waals surface area contributed by atoms with Crippen molar-refractivity contribution in [2.75, 3.05) is 26.1 Å². The van der Waals surface area contributed by atoms with Crippen LogP contribution in [0.1, 0.15) is 16.8 Å². The van der Waals surface area contributed by atoms with Crippen LogP contribution in [-0.4, -0.2) is 37.5 Å². The molecule has 2 rings (SSSR count). The molecule has 0 aliphatic heterocycles. The minimum atomic E-state index is -0.566. The molecule has 9 nitrogen and oxygen atoms in total. The summed E-state index contributed by atoms with van der Waals surface area (Å²) in [6.07, 6.45) is -0.0123. The standard InChI is InChI=1S/C18H19N3O6/c1-26-14-5-3-4-12(10-14)18(23)19-9-8-17(22)20-15-11-13(21(24)25)6-7-16(15)27-2/h3-7,10-11H,8-9H2,1-2H3,(H,19,23)(H,20,22). The molecule has 0 spiro atoms. The number of nitro groups is 1. The lowest BCUT2D eigenvalue weighted by molar-refractivity contribution is -0.384. The molecule has 27 heavy (non-hydrogen) atoms. The maximum atomic E-state index is 12.1. The highest BCUT2D eigenvalue weighted by Gasteiger charge is 2.14. The fourth-order valence-electron chi connectivity index (χ4n) is 2.28. The highest BCUT2D eigenvalue weighted by Crippen LogP contribution is 2.28. The molecule has 0 atom stereocenters. The number of methoxy groups -OCH3 is 2. The Balaban J connectivity index is 1.91. The van der Waals surface area contributed by atoms with Crippen LogP contribution in [0.4, 0.5) is 11.4 Å². The van der Waals surface area contributed by atoms with E-state index in [0.717, 1.165) is 0 Å². The number of nitro benzene ring substituents is 1. The molecule has 0 saturated carbocycles. The number of hydrogen-bond donors (Lipinski definition) is 2. The summed E-state index contributed by atoms with van der Waals surface area (Å²) >= 11 is 0. The molecule has 0 bridgehead atoms. The fourth-order valence-corrected chi connectivity index (χ4v) is 2.28. The molecule has 2 amide bonds. The molecule has 0 unspecified atom stereocenters. The average molecular weight is 373 g/mol. The summed E-state index contributed by atoms with van der Waals surface area (Å²) < 4.78 is 10.1. The van der Waals surface area contributed by atoms with Crippen LogP contribution in [-0.2, 0) is 4.79 Å². The van der Waals surface area contributed by atoms with Crippen LogP contribution in [0.5, 0.6) is 11.5 Å². The summed E-state index contributed by atoms with van der Waals surface area (Å²) in [7, 11) is 2.90. The van der Waals surface area contributed by atoms with E-state index in [0.29, 0.717) is 17.1 Å². The van der Waals surface area contributed by atoms with E-state index < -0.39 is 10.8 Å². The van der Waals surface area contributed by atoms with Crippen LogP contribution in [0.15, 0.2) is 42.5 Å². The Morgan fingerprint density at radius 1 is 1.11 bits per heavy atom. The summed E-state index contributed by atoms with van der Waals surface area (Å²) in [6.45, 7) is 0.0963. The molecule has 2 aromatic rings.